The summed E-state index contributed by atoms with van der Waals surface area (Å²) in [5.74, 6) is 1.57. The molecule has 0 heterocycles. The summed E-state index contributed by atoms with van der Waals surface area (Å²) in [6.07, 6.45) is 0. The predicted molar refractivity (Wildman–Crippen MR) is 65.6 cm³/mol. The topological polar surface area (TPSA) is 9.23 Å². The summed E-state index contributed by atoms with van der Waals surface area (Å²) in [4.78, 5) is 0. The van der Waals surface area contributed by atoms with Crippen molar-refractivity contribution < 1.29 is 3.76 Å². The number of hydrogen-bond acceptors (Lipinski definition) is 1. The first kappa shape index (κ1) is 12.4. The number of hydrogen-bond donors (Lipinski definition) is 0. The summed E-state index contributed by atoms with van der Waals surface area (Å²) >= 11 is 1.71. The van der Waals surface area contributed by atoms with E-state index >= 15 is 0 Å². The van der Waals surface area contributed by atoms with E-state index in [9.17, 15) is 0 Å². The van der Waals surface area contributed by atoms with Gasteiger partial charge in [0.15, 0.2) is 0 Å². The molecule has 0 aliphatic heterocycles. The Kier molecular flexibility index (Phi) is 4.46. The summed E-state index contributed by atoms with van der Waals surface area (Å²) in [5, 5.41) is 0. The molecule has 0 saturated carbocycles. The first-order valence-electron chi connectivity index (χ1n) is 5.17. The molecule has 1 rings (SSSR count). The monoisotopic (exact) mass is 263 g/mol. The number of rotatable bonds is 3. The van der Waals surface area contributed by atoms with Crippen LogP contribution >= 0.6 is 0 Å². The maximum absolute atomic E-state index is 5.22. The fourth-order valence-corrected chi connectivity index (χ4v) is 1.72. The first-order chi connectivity index (χ1) is 7.06. The average Bonchev–Trinajstić information content (AvgIpc) is 2.27. The second-order valence-electron chi connectivity index (χ2n) is 4.06. The van der Waals surface area contributed by atoms with Crippen molar-refractivity contribution in [1.29, 1.82) is 0 Å². The minimum atomic E-state index is 0.590. The molecule has 1 aromatic carbocycles. The quantitative estimate of drug-likeness (QED) is 0.596. The van der Waals surface area contributed by atoms with Gasteiger partial charge in [0.25, 0.3) is 0 Å². The molecule has 1 aromatic rings. The molecule has 0 saturated heterocycles. The van der Waals surface area contributed by atoms with E-state index in [2.05, 4.69) is 45.0 Å². The summed E-state index contributed by atoms with van der Waals surface area (Å²) < 4.78 is 5.22. The molecular formula is C13H17GeO. The van der Waals surface area contributed by atoms with Crippen molar-refractivity contribution in [2.24, 2.45) is 0 Å². The Bertz CT molecular complexity index is 349. The van der Waals surface area contributed by atoms with Crippen LogP contribution < -0.4 is 0 Å². The second-order valence-corrected chi connectivity index (χ2v) is 4.49. The zero-order chi connectivity index (χ0) is 11.4. The number of allylic oxidation sites excluding steroid dienone is 2. The van der Waals surface area contributed by atoms with Gasteiger partial charge < -0.3 is 0 Å². The number of benzene rings is 1. The van der Waals surface area contributed by atoms with E-state index in [4.69, 9.17) is 3.76 Å². The van der Waals surface area contributed by atoms with Gasteiger partial charge in [-0.15, -0.1) is 0 Å². The Morgan fingerprint density at radius 1 is 1.13 bits per heavy atom. The molecule has 0 fully saturated rings. The third-order valence-electron chi connectivity index (χ3n) is 2.69. The van der Waals surface area contributed by atoms with E-state index in [1.165, 1.54) is 16.7 Å². The molecule has 79 valence electrons. The van der Waals surface area contributed by atoms with Crippen LogP contribution in [0.25, 0.3) is 5.57 Å². The molecule has 0 amide bonds. The standard InChI is InChI=1S/C13H17GeO/c1-9(2)12-5-7-13(8-6-12)10(3)11(4)15-14/h5-9H,1-4H3. The Labute approximate surface area is 101 Å². The van der Waals surface area contributed by atoms with Crippen LogP contribution in [0.15, 0.2) is 30.0 Å². The average molecular weight is 262 g/mol. The van der Waals surface area contributed by atoms with Gasteiger partial charge >= 0.3 is 101 Å². The van der Waals surface area contributed by atoms with Gasteiger partial charge in [-0.3, -0.25) is 0 Å². The molecular weight excluding hydrogens is 245 g/mol. The van der Waals surface area contributed by atoms with Gasteiger partial charge in [0.1, 0.15) is 0 Å². The van der Waals surface area contributed by atoms with Crippen molar-refractivity contribution in [2.75, 3.05) is 0 Å². The molecule has 0 unspecified atom stereocenters. The fourth-order valence-electron chi connectivity index (χ4n) is 1.40. The van der Waals surface area contributed by atoms with Crippen LogP contribution in [0.1, 0.15) is 44.7 Å². The second kappa shape index (κ2) is 5.40. The van der Waals surface area contributed by atoms with E-state index in [0.29, 0.717) is 5.92 Å². The van der Waals surface area contributed by atoms with Crippen molar-refractivity contribution in [1.82, 2.24) is 0 Å². The summed E-state index contributed by atoms with van der Waals surface area (Å²) in [5.41, 5.74) is 3.81. The third-order valence-corrected chi connectivity index (χ3v) is 3.33. The van der Waals surface area contributed by atoms with E-state index in [0.717, 1.165) is 5.76 Å². The predicted octanol–water partition coefficient (Wildman–Crippen LogP) is 3.66. The van der Waals surface area contributed by atoms with Gasteiger partial charge in [0, 0.05) is 0 Å². The molecule has 0 atom stereocenters. The van der Waals surface area contributed by atoms with E-state index < -0.39 is 0 Å². The van der Waals surface area contributed by atoms with Gasteiger partial charge in [0.2, 0.25) is 0 Å². The van der Waals surface area contributed by atoms with E-state index in [-0.39, 0.29) is 0 Å². The molecule has 2 heteroatoms. The Balaban J connectivity index is 2.99. The van der Waals surface area contributed by atoms with Crippen LogP contribution in [-0.2, 0) is 3.76 Å². The van der Waals surface area contributed by atoms with Gasteiger partial charge in [-0.25, -0.2) is 0 Å². The molecule has 15 heavy (non-hydrogen) atoms. The SMILES string of the molecule is CC([O][Ge])=C(C)c1ccc(C(C)C)cc1. The van der Waals surface area contributed by atoms with Crippen LogP contribution in [0.2, 0.25) is 0 Å². The van der Waals surface area contributed by atoms with Crippen LogP contribution in [0.3, 0.4) is 0 Å². The molecule has 0 aromatic heterocycles. The Morgan fingerprint density at radius 2 is 1.67 bits per heavy atom. The van der Waals surface area contributed by atoms with Crippen LogP contribution in [-0.4, -0.2) is 16.9 Å². The first-order valence-corrected chi connectivity index (χ1v) is 6.03. The molecule has 0 spiro atoms. The summed E-state index contributed by atoms with van der Waals surface area (Å²) in [6.45, 7) is 8.49. The normalized spacial score (nSPS) is 12.7. The zero-order valence-corrected chi connectivity index (χ0v) is 11.9. The van der Waals surface area contributed by atoms with Crippen LogP contribution in [0.5, 0.6) is 0 Å². The molecule has 0 aliphatic rings. The summed E-state index contributed by atoms with van der Waals surface area (Å²) in [7, 11) is 0. The summed E-state index contributed by atoms with van der Waals surface area (Å²) in [6, 6.07) is 8.69. The van der Waals surface area contributed by atoms with Crippen molar-refractivity contribution >= 4 is 22.4 Å². The Morgan fingerprint density at radius 3 is 2.07 bits per heavy atom. The van der Waals surface area contributed by atoms with E-state index in [1.807, 2.05) is 6.92 Å². The molecule has 1 nitrogen and oxygen atoms in total. The van der Waals surface area contributed by atoms with Crippen molar-refractivity contribution in [2.45, 2.75) is 33.6 Å². The zero-order valence-electron chi connectivity index (χ0n) is 9.79. The Hall–Kier alpha value is -0.697. The van der Waals surface area contributed by atoms with Gasteiger partial charge in [-0.1, -0.05) is 0 Å². The molecule has 0 aliphatic carbocycles. The van der Waals surface area contributed by atoms with E-state index in [1.54, 1.807) is 16.9 Å². The fraction of sp³-hybridized carbons (Fsp3) is 0.385. The molecule has 3 radical (unpaired) electrons. The van der Waals surface area contributed by atoms with Gasteiger partial charge in [0.05, 0.1) is 0 Å². The van der Waals surface area contributed by atoms with Crippen molar-refractivity contribution in [3.05, 3.63) is 41.2 Å². The minimum absolute atomic E-state index is 0.590. The van der Waals surface area contributed by atoms with Crippen molar-refractivity contribution in [3.63, 3.8) is 0 Å². The van der Waals surface area contributed by atoms with Crippen LogP contribution in [0, 0.1) is 0 Å². The molecule has 0 bridgehead atoms. The third kappa shape index (κ3) is 3.13. The molecule has 0 N–H and O–H groups in total. The maximum atomic E-state index is 5.22. The van der Waals surface area contributed by atoms with Crippen molar-refractivity contribution in [3.8, 4) is 0 Å². The van der Waals surface area contributed by atoms with Gasteiger partial charge in [-0.05, 0) is 0 Å². The van der Waals surface area contributed by atoms with Crippen LogP contribution in [0.4, 0.5) is 0 Å². The van der Waals surface area contributed by atoms with Gasteiger partial charge in [-0.2, -0.15) is 0 Å².